The van der Waals surface area contributed by atoms with Crippen molar-refractivity contribution in [3.05, 3.63) is 41.2 Å². The second-order valence-electron chi connectivity index (χ2n) is 5.89. The Morgan fingerprint density at radius 2 is 2.35 bits per heavy atom. The van der Waals surface area contributed by atoms with E-state index in [0.717, 1.165) is 28.7 Å². The van der Waals surface area contributed by atoms with Crippen LogP contribution >= 0.6 is 11.3 Å². The van der Waals surface area contributed by atoms with Gasteiger partial charge in [0.1, 0.15) is 9.71 Å². The summed E-state index contributed by atoms with van der Waals surface area (Å²) in [5.41, 5.74) is 7.84. The lowest BCUT2D eigenvalue weighted by atomic mass is 10.2. The Hall–Kier alpha value is -2.41. The zero-order valence-electron chi connectivity index (χ0n) is 12.8. The number of fused-ring (bicyclic) bond motifs is 1. The van der Waals surface area contributed by atoms with E-state index >= 15 is 0 Å². The number of amides is 1. The van der Waals surface area contributed by atoms with E-state index in [4.69, 9.17) is 5.73 Å². The molecule has 1 amide bonds. The van der Waals surface area contributed by atoms with Crippen LogP contribution in [0.5, 0.6) is 0 Å². The fraction of sp³-hybridized carbons (Fsp3) is 0.312. The number of nitrogens with zero attached hydrogens (tertiary/aromatic N) is 4. The van der Waals surface area contributed by atoms with Crippen LogP contribution < -0.4 is 5.73 Å². The molecular weight excluding hydrogens is 310 g/mol. The number of anilines is 1. The fourth-order valence-corrected chi connectivity index (χ4v) is 4.06. The quantitative estimate of drug-likeness (QED) is 0.784. The zero-order valence-corrected chi connectivity index (χ0v) is 13.6. The second kappa shape index (κ2) is 5.34. The molecule has 4 rings (SSSR count). The van der Waals surface area contributed by atoms with E-state index in [2.05, 4.69) is 10.1 Å². The summed E-state index contributed by atoms with van der Waals surface area (Å²) in [6.07, 6.45) is 6.50. The minimum absolute atomic E-state index is 0.00289. The molecule has 1 atom stereocenters. The van der Waals surface area contributed by atoms with Gasteiger partial charge in [-0.2, -0.15) is 5.10 Å². The molecule has 1 saturated heterocycles. The number of rotatable bonds is 2. The van der Waals surface area contributed by atoms with Crippen LogP contribution in [0.2, 0.25) is 0 Å². The molecular formula is C16H17N5OS. The van der Waals surface area contributed by atoms with Gasteiger partial charge in [-0.05, 0) is 31.0 Å². The third kappa shape index (κ3) is 2.37. The topological polar surface area (TPSA) is 77.0 Å². The lowest BCUT2D eigenvalue weighted by Gasteiger charge is -2.16. The molecule has 0 radical (unpaired) electrons. The maximum atomic E-state index is 12.8. The molecule has 1 fully saturated rings. The minimum Gasteiger partial charge on any atom is -0.397 e. The predicted octanol–water partition coefficient (Wildman–Crippen LogP) is 2.47. The summed E-state index contributed by atoms with van der Waals surface area (Å²) in [5, 5.41) is 5.22. The van der Waals surface area contributed by atoms with Crippen molar-refractivity contribution >= 4 is 33.1 Å². The van der Waals surface area contributed by atoms with Crippen LogP contribution in [0.4, 0.5) is 5.69 Å². The summed E-state index contributed by atoms with van der Waals surface area (Å²) in [5.74, 6) is -0.00289. The summed E-state index contributed by atoms with van der Waals surface area (Å²) in [6.45, 7) is 3.41. The van der Waals surface area contributed by atoms with Crippen molar-refractivity contribution in [3.8, 4) is 0 Å². The first-order valence-corrected chi connectivity index (χ1v) is 8.38. The highest BCUT2D eigenvalue weighted by Crippen LogP contribution is 2.34. The summed E-state index contributed by atoms with van der Waals surface area (Å²) in [6, 6.07) is 3.98. The number of thiophene rings is 1. The first-order chi connectivity index (χ1) is 11.1. The first-order valence-electron chi connectivity index (χ1n) is 7.56. The molecule has 0 saturated carbocycles. The molecule has 1 aliphatic heterocycles. The molecule has 0 aromatic carbocycles. The molecule has 1 unspecified atom stereocenters. The van der Waals surface area contributed by atoms with Crippen molar-refractivity contribution in [2.75, 3.05) is 18.8 Å². The number of hydrogen-bond acceptors (Lipinski definition) is 5. The highest BCUT2D eigenvalue weighted by molar-refractivity contribution is 7.21. The van der Waals surface area contributed by atoms with E-state index in [1.165, 1.54) is 11.3 Å². The number of likely N-dealkylation sites (tertiary alicyclic amines) is 1. The number of nitrogen functional groups attached to an aromatic ring is 1. The van der Waals surface area contributed by atoms with Crippen LogP contribution in [0.15, 0.2) is 30.7 Å². The van der Waals surface area contributed by atoms with Crippen molar-refractivity contribution in [2.24, 2.45) is 0 Å². The lowest BCUT2D eigenvalue weighted by Crippen LogP contribution is -2.29. The van der Waals surface area contributed by atoms with Crippen molar-refractivity contribution < 1.29 is 4.79 Å². The molecule has 0 spiro atoms. The number of pyridine rings is 1. The average molecular weight is 327 g/mol. The summed E-state index contributed by atoms with van der Waals surface area (Å²) in [7, 11) is 0. The molecule has 1 aliphatic rings. The highest BCUT2D eigenvalue weighted by Gasteiger charge is 2.30. The first kappa shape index (κ1) is 14.2. The van der Waals surface area contributed by atoms with E-state index in [1.807, 2.05) is 41.0 Å². The molecule has 7 heteroatoms. The van der Waals surface area contributed by atoms with Gasteiger partial charge in [0.15, 0.2) is 0 Å². The van der Waals surface area contributed by atoms with Gasteiger partial charge in [0, 0.05) is 30.9 Å². The van der Waals surface area contributed by atoms with E-state index < -0.39 is 0 Å². The monoisotopic (exact) mass is 327 g/mol. The predicted molar refractivity (Wildman–Crippen MR) is 90.6 cm³/mol. The SMILES string of the molecule is Cc1cnn(C2CCN(C(=O)c3sc4ncccc4c3N)C2)c1. The van der Waals surface area contributed by atoms with Crippen LogP contribution in [0.25, 0.3) is 10.2 Å². The molecule has 0 bridgehead atoms. The van der Waals surface area contributed by atoms with Gasteiger partial charge in [-0.1, -0.05) is 0 Å². The molecule has 23 heavy (non-hydrogen) atoms. The summed E-state index contributed by atoms with van der Waals surface area (Å²) in [4.78, 5) is 20.4. The summed E-state index contributed by atoms with van der Waals surface area (Å²) >= 11 is 1.37. The van der Waals surface area contributed by atoms with Gasteiger partial charge in [0.25, 0.3) is 5.91 Å². The lowest BCUT2D eigenvalue weighted by molar-refractivity contribution is 0.0793. The van der Waals surface area contributed by atoms with Gasteiger partial charge in [-0.3, -0.25) is 9.48 Å². The maximum Gasteiger partial charge on any atom is 0.266 e. The molecule has 3 aromatic rings. The molecule has 6 nitrogen and oxygen atoms in total. The largest absolute Gasteiger partial charge is 0.397 e. The van der Waals surface area contributed by atoms with Gasteiger partial charge in [-0.25, -0.2) is 4.98 Å². The Morgan fingerprint density at radius 3 is 3.09 bits per heavy atom. The van der Waals surface area contributed by atoms with Crippen LogP contribution in [-0.2, 0) is 0 Å². The van der Waals surface area contributed by atoms with E-state index in [0.29, 0.717) is 17.1 Å². The Bertz CT molecular complexity index is 884. The molecule has 0 aliphatic carbocycles. The van der Waals surface area contributed by atoms with Crippen molar-refractivity contribution in [1.29, 1.82) is 0 Å². The normalized spacial score (nSPS) is 18.0. The number of carbonyl (C=O) groups excluding carboxylic acids is 1. The standard InChI is InChI=1S/C16H17N5OS/c1-10-7-19-21(8-10)11-4-6-20(9-11)16(22)14-13(17)12-3-2-5-18-15(12)23-14/h2-3,5,7-8,11H,4,6,9,17H2,1H3. The van der Waals surface area contributed by atoms with E-state index in [-0.39, 0.29) is 11.9 Å². The summed E-state index contributed by atoms with van der Waals surface area (Å²) < 4.78 is 1.96. The molecule has 3 aromatic heterocycles. The van der Waals surface area contributed by atoms with E-state index in [1.54, 1.807) is 6.20 Å². The maximum absolute atomic E-state index is 12.8. The van der Waals surface area contributed by atoms with Crippen LogP contribution in [0, 0.1) is 6.92 Å². The van der Waals surface area contributed by atoms with Gasteiger partial charge < -0.3 is 10.6 Å². The minimum atomic E-state index is -0.00289. The van der Waals surface area contributed by atoms with Gasteiger partial charge >= 0.3 is 0 Å². The Balaban J connectivity index is 1.58. The van der Waals surface area contributed by atoms with Gasteiger partial charge in [-0.15, -0.1) is 11.3 Å². The fourth-order valence-electron chi connectivity index (χ4n) is 3.03. The third-order valence-electron chi connectivity index (χ3n) is 4.25. The number of carbonyl (C=O) groups is 1. The van der Waals surface area contributed by atoms with Gasteiger partial charge in [0.2, 0.25) is 0 Å². The van der Waals surface area contributed by atoms with Crippen LogP contribution in [-0.4, -0.2) is 38.7 Å². The van der Waals surface area contributed by atoms with Crippen molar-refractivity contribution in [1.82, 2.24) is 19.7 Å². The molecule has 4 heterocycles. The number of aryl methyl sites for hydroxylation is 1. The van der Waals surface area contributed by atoms with Crippen molar-refractivity contribution in [2.45, 2.75) is 19.4 Å². The highest BCUT2D eigenvalue weighted by atomic mass is 32.1. The number of hydrogen-bond donors (Lipinski definition) is 1. The van der Waals surface area contributed by atoms with Gasteiger partial charge in [0.05, 0.1) is 17.9 Å². The van der Waals surface area contributed by atoms with Crippen LogP contribution in [0.3, 0.4) is 0 Å². The Kier molecular flexibility index (Phi) is 3.30. The molecule has 118 valence electrons. The third-order valence-corrected chi connectivity index (χ3v) is 5.37. The number of nitrogens with two attached hydrogens (primary N) is 1. The van der Waals surface area contributed by atoms with Crippen molar-refractivity contribution in [3.63, 3.8) is 0 Å². The second-order valence-corrected chi connectivity index (χ2v) is 6.89. The Morgan fingerprint density at radius 1 is 1.48 bits per heavy atom. The molecule has 2 N–H and O–H groups in total. The Labute approximate surface area is 137 Å². The average Bonchev–Trinajstić information content (AvgIpc) is 3.26. The van der Waals surface area contributed by atoms with E-state index in [9.17, 15) is 4.79 Å². The van der Waals surface area contributed by atoms with Crippen LogP contribution in [0.1, 0.15) is 27.7 Å². The smallest absolute Gasteiger partial charge is 0.266 e. The number of aromatic nitrogens is 3. The zero-order chi connectivity index (χ0) is 16.0.